The van der Waals surface area contributed by atoms with Gasteiger partial charge in [-0.15, -0.1) is 0 Å². The highest BCUT2D eigenvalue weighted by atomic mass is 14.9. The molecule has 0 saturated carbocycles. The lowest BCUT2D eigenvalue weighted by Gasteiger charge is -2.25. The first kappa shape index (κ1) is 9.62. The van der Waals surface area contributed by atoms with Crippen LogP contribution in [0.25, 0.3) is 0 Å². The SMILES string of the molecule is NCc1cnccc1C1CCCCN1. The summed E-state index contributed by atoms with van der Waals surface area (Å²) >= 11 is 0. The van der Waals surface area contributed by atoms with E-state index in [4.69, 9.17) is 5.73 Å². The number of nitrogens with one attached hydrogen (secondary N) is 1. The minimum absolute atomic E-state index is 0.491. The molecular weight excluding hydrogens is 174 g/mol. The zero-order valence-corrected chi connectivity index (χ0v) is 8.37. The van der Waals surface area contributed by atoms with E-state index in [0.717, 1.165) is 6.54 Å². The van der Waals surface area contributed by atoms with Crippen molar-refractivity contribution in [1.82, 2.24) is 10.3 Å². The molecule has 0 spiro atoms. The summed E-state index contributed by atoms with van der Waals surface area (Å²) in [5.41, 5.74) is 8.20. The Kier molecular flexibility index (Phi) is 3.11. The Labute approximate surface area is 84.7 Å². The van der Waals surface area contributed by atoms with Gasteiger partial charge in [0, 0.05) is 25.0 Å². The molecule has 0 amide bonds. The van der Waals surface area contributed by atoms with E-state index in [1.807, 2.05) is 12.4 Å². The van der Waals surface area contributed by atoms with Crippen molar-refractivity contribution in [2.45, 2.75) is 31.8 Å². The van der Waals surface area contributed by atoms with Crippen LogP contribution in [0.2, 0.25) is 0 Å². The maximum absolute atomic E-state index is 5.69. The highest BCUT2D eigenvalue weighted by molar-refractivity contribution is 5.26. The van der Waals surface area contributed by atoms with Crippen molar-refractivity contribution in [3.05, 3.63) is 29.6 Å². The smallest absolute Gasteiger partial charge is 0.0324 e. The highest BCUT2D eigenvalue weighted by Gasteiger charge is 2.16. The van der Waals surface area contributed by atoms with Crippen LogP contribution in [0.15, 0.2) is 18.5 Å². The predicted molar refractivity (Wildman–Crippen MR) is 56.7 cm³/mol. The Hall–Kier alpha value is -0.930. The fourth-order valence-electron chi connectivity index (χ4n) is 2.07. The first-order valence-corrected chi connectivity index (χ1v) is 5.28. The molecule has 1 aliphatic rings. The highest BCUT2D eigenvalue weighted by Crippen LogP contribution is 2.24. The quantitative estimate of drug-likeness (QED) is 0.742. The van der Waals surface area contributed by atoms with Crippen molar-refractivity contribution in [3.63, 3.8) is 0 Å². The Morgan fingerprint density at radius 1 is 1.50 bits per heavy atom. The number of aromatic nitrogens is 1. The third-order valence-corrected chi connectivity index (χ3v) is 2.85. The van der Waals surface area contributed by atoms with E-state index < -0.39 is 0 Å². The van der Waals surface area contributed by atoms with Gasteiger partial charge < -0.3 is 11.1 Å². The molecule has 1 aromatic rings. The van der Waals surface area contributed by atoms with E-state index >= 15 is 0 Å². The van der Waals surface area contributed by atoms with Gasteiger partial charge in [0.15, 0.2) is 0 Å². The zero-order valence-electron chi connectivity index (χ0n) is 8.37. The Bertz CT molecular complexity index is 292. The van der Waals surface area contributed by atoms with Crippen molar-refractivity contribution in [2.75, 3.05) is 6.54 Å². The van der Waals surface area contributed by atoms with Crippen LogP contribution in [-0.2, 0) is 6.54 Å². The number of piperidine rings is 1. The third kappa shape index (κ3) is 1.94. The molecule has 0 radical (unpaired) electrons. The first-order valence-electron chi connectivity index (χ1n) is 5.28. The zero-order chi connectivity index (χ0) is 9.80. The lowest BCUT2D eigenvalue weighted by Crippen LogP contribution is -2.28. The summed E-state index contributed by atoms with van der Waals surface area (Å²) in [5, 5.41) is 3.53. The van der Waals surface area contributed by atoms with Gasteiger partial charge in [0.2, 0.25) is 0 Å². The van der Waals surface area contributed by atoms with Gasteiger partial charge in [-0.1, -0.05) is 6.42 Å². The van der Waals surface area contributed by atoms with Crippen LogP contribution < -0.4 is 11.1 Å². The van der Waals surface area contributed by atoms with Gasteiger partial charge in [-0.2, -0.15) is 0 Å². The molecule has 0 bridgehead atoms. The lowest BCUT2D eigenvalue weighted by molar-refractivity contribution is 0.410. The van der Waals surface area contributed by atoms with Gasteiger partial charge in [0.25, 0.3) is 0 Å². The van der Waals surface area contributed by atoms with Gasteiger partial charge in [-0.25, -0.2) is 0 Å². The Balaban J connectivity index is 2.20. The van der Waals surface area contributed by atoms with E-state index in [9.17, 15) is 0 Å². The van der Waals surface area contributed by atoms with Gasteiger partial charge in [0.1, 0.15) is 0 Å². The van der Waals surface area contributed by atoms with Crippen molar-refractivity contribution in [1.29, 1.82) is 0 Å². The molecule has 3 heteroatoms. The lowest BCUT2D eigenvalue weighted by atomic mass is 9.95. The number of pyridine rings is 1. The summed E-state index contributed by atoms with van der Waals surface area (Å²) in [5.74, 6) is 0. The molecule has 1 atom stereocenters. The van der Waals surface area contributed by atoms with Crippen LogP contribution in [0.1, 0.15) is 36.4 Å². The van der Waals surface area contributed by atoms with E-state index in [1.165, 1.54) is 30.4 Å². The predicted octanol–water partition coefficient (Wildman–Crippen LogP) is 1.35. The van der Waals surface area contributed by atoms with E-state index in [0.29, 0.717) is 12.6 Å². The van der Waals surface area contributed by atoms with E-state index in [-0.39, 0.29) is 0 Å². The number of rotatable bonds is 2. The van der Waals surface area contributed by atoms with Crippen LogP contribution >= 0.6 is 0 Å². The summed E-state index contributed by atoms with van der Waals surface area (Å²) in [6.45, 7) is 1.71. The first-order chi connectivity index (χ1) is 6.92. The molecule has 76 valence electrons. The van der Waals surface area contributed by atoms with Crippen LogP contribution in [0.5, 0.6) is 0 Å². The molecule has 1 aliphatic heterocycles. The standard InChI is InChI=1S/C11H17N3/c12-7-9-8-13-6-4-10(9)11-3-1-2-5-14-11/h4,6,8,11,14H,1-3,5,7,12H2. The minimum atomic E-state index is 0.491. The maximum atomic E-state index is 5.69. The van der Waals surface area contributed by atoms with E-state index in [1.54, 1.807) is 0 Å². The molecule has 0 aliphatic carbocycles. The second-order valence-electron chi connectivity index (χ2n) is 3.78. The molecule has 3 nitrogen and oxygen atoms in total. The number of nitrogens with two attached hydrogens (primary N) is 1. The van der Waals surface area contributed by atoms with Gasteiger partial charge in [0.05, 0.1) is 0 Å². The minimum Gasteiger partial charge on any atom is -0.326 e. The fourth-order valence-corrected chi connectivity index (χ4v) is 2.07. The Morgan fingerprint density at radius 3 is 3.14 bits per heavy atom. The molecule has 2 rings (SSSR count). The largest absolute Gasteiger partial charge is 0.326 e. The molecule has 1 fully saturated rings. The summed E-state index contributed by atoms with van der Waals surface area (Å²) in [6, 6.07) is 2.58. The van der Waals surface area contributed by atoms with Gasteiger partial charge >= 0.3 is 0 Å². The van der Waals surface area contributed by atoms with Crippen LogP contribution in [-0.4, -0.2) is 11.5 Å². The monoisotopic (exact) mass is 191 g/mol. The topological polar surface area (TPSA) is 50.9 Å². The Morgan fingerprint density at radius 2 is 2.43 bits per heavy atom. The van der Waals surface area contributed by atoms with Crippen LogP contribution in [0, 0.1) is 0 Å². The molecular formula is C11H17N3. The summed E-state index contributed by atoms with van der Waals surface area (Å²) in [6.07, 6.45) is 7.55. The van der Waals surface area contributed by atoms with Crippen molar-refractivity contribution in [3.8, 4) is 0 Å². The average Bonchev–Trinajstić information content (AvgIpc) is 2.30. The number of hydrogen-bond acceptors (Lipinski definition) is 3. The fraction of sp³-hybridized carbons (Fsp3) is 0.545. The summed E-state index contributed by atoms with van der Waals surface area (Å²) < 4.78 is 0. The molecule has 1 unspecified atom stereocenters. The molecule has 1 saturated heterocycles. The normalized spacial score (nSPS) is 22.2. The van der Waals surface area contributed by atoms with Crippen LogP contribution in [0.4, 0.5) is 0 Å². The summed E-state index contributed by atoms with van der Waals surface area (Å²) in [7, 11) is 0. The van der Waals surface area contributed by atoms with Crippen molar-refractivity contribution < 1.29 is 0 Å². The molecule has 1 aromatic heterocycles. The third-order valence-electron chi connectivity index (χ3n) is 2.85. The second kappa shape index (κ2) is 4.53. The average molecular weight is 191 g/mol. The summed E-state index contributed by atoms with van der Waals surface area (Å²) in [4.78, 5) is 4.10. The molecule has 3 N–H and O–H groups in total. The maximum Gasteiger partial charge on any atom is 0.0324 e. The molecule has 2 heterocycles. The van der Waals surface area contributed by atoms with Crippen molar-refractivity contribution >= 4 is 0 Å². The van der Waals surface area contributed by atoms with E-state index in [2.05, 4.69) is 16.4 Å². The molecule has 0 aromatic carbocycles. The number of hydrogen-bond donors (Lipinski definition) is 2. The molecule has 14 heavy (non-hydrogen) atoms. The second-order valence-corrected chi connectivity index (χ2v) is 3.78. The van der Waals surface area contributed by atoms with Crippen LogP contribution in [0.3, 0.4) is 0 Å². The number of nitrogens with zero attached hydrogens (tertiary/aromatic N) is 1. The van der Waals surface area contributed by atoms with Gasteiger partial charge in [-0.3, -0.25) is 4.98 Å². The van der Waals surface area contributed by atoms with Gasteiger partial charge in [-0.05, 0) is 36.6 Å². The van der Waals surface area contributed by atoms with Crippen molar-refractivity contribution in [2.24, 2.45) is 5.73 Å².